The highest BCUT2D eigenvalue weighted by molar-refractivity contribution is 7.89. The lowest BCUT2D eigenvalue weighted by molar-refractivity contribution is -0.122. The molecule has 168 valence electrons. The second-order valence-electron chi connectivity index (χ2n) is 8.96. The molecule has 31 heavy (non-hydrogen) atoms. The van der Waals surface area contributed by atoms with Gasteiger partial charge in [-0.2, -0.15) is 4.31 Å². The summed E-state index contributed by atoms with van der Waals surface area (Å²) in [5.41, 5.74) is -0.347. The predicted molar refractivity (Wildman–Crippen MR) is 120 cm³/mol. The van der Waals surface area contributed by atoms with E-state index >= 15 is 0 Å². The molecule has 1 aliphatic heterocycles. The summed E-state index contributed by atoms with van der Waals surface area (Å²) in [5, 5.41) is 3.74. The maximum Gasteiger partial charge on any atom is 0.258 e. The van der Waals surface area contributed by atoms with Crippen LogP contribution in [-0.2, 0) is 21.4 Å². The number of nitrogens with zero attached hydrogens (tertiary/aromatic N) is 2. The van der Waals surface area contributed by atoms with E-state index in [2.05, 4.69) is 12.2 Å². The molecule has 1 saturated carbocycles. The van der Waals surface area contributed by atoms with E-state index in [1.807, 2.05) is 0 Å². The lowest BCUT2D eigenvalue weighted by Gasteiger charge is -2.30. The lowest BCUT2D eigenvalue weighted by Crippen LogP contribution is -2.41. The molecule has 1 aromatic heterocycles. The third-order valence-corrected chi connectivity index (χ3v) is 8.53. The molecule has 2 aromatic rings. The Kier molecular flexibility index (Phi) is 6.48. The van der Waals surface area contributed by atoms with Gasteiger partial charge in [0.15, 0.2) is 0 Å². The molecular weight excluding hydrogens is 414 g/mol. The van der Waals surface area contributed by atoms with E-state index in [1.54, 1.807) is 24.3 Å². The van der Waals surface area contributed by atoms with Gasteiger partial charge in [-0.3, -0.25) is 9.59 Å². The minimum atomic E-state index is -3.77. The summed E-state index contributed by atoms with van der Waals surface area (Å²) in [6.45, 7) is 2.89. The van der Waals surface area contributed by atoms with Crippen molar-refractivity contribution in [2.24, 2.45) is 5.92 Å². The number of rotatable bonds is 5. The maximum atomic E-state index is 13.5. The second-order valence-corrected chi connectivity index (χ2v) is 10.9. The fourth-order valence-corrected chi connectivity index (χ4v) is 6.36. The van der Waals surface area contributed by atoms with E-state index < -0.39 is 10.0 Å². The fourth-order valence-electron chi connectivity index (χ4n) is 4.67. The molecule has 0 spiro atoms. The highest BCUT2D eigenvalue weighted by atomic mass is 32.2. The van der Waals surface area contributed by atoms with Crippen molar-refractivity contribution in [3.8, 4) is 0 Å². The molecule has 1 aliphatic carbocycles. The van der Waals surface area contributed by atoms with Crippen LogP contribution in [0.25, 0.3) is 10.8 Å². The Bertz CT molecular complexity index is 1110. The van der Waals surface area contributed by atoms with Crippen molar-refractivity contribution in [3.63, 3.8) is 0 Å². The molecule has 2 fully saturated rings. The van der Waals surface area contributed by atoms with Crippen molar-refractivity contribution in [2.45, 2.75) is 69.4 Å². The third-order valence-electron chi connectivity index (χ3n) is 6.60. The van der Waals surface area contributed by atoms with E-state index in [0.29, 0.717) is 29.8 Å². The van der Waals surface area contributed by atoms with Crippen LogP contribution in [0, 0.1) is 5.92 Å². The first kappa shape index (κ1) is 22.0. The molecule has 0 radical (unpaired) electrons. The Morgan fingerprint density at radius 3 is 2.35 bits per heavy atom. The van der Waals surface area contributed by atoms with Crippen LogP contribution in [0.1, 0.15) is 51.9 Å². The van der Waals surface area contributed by atoms with Gasteiger partial charge in [0.2, 0.25) is 15.9 Å². The summed E-state index contributed by atoms with van der Waals surface area (Å²) in [6, 6.07) is 6.89. The van der Waals surface area contributed by atoms with Crippen molar-refractivity contribution in [2.75, 3.05) is 13.1 Å². The topological polar surface area (TPSA) is 88.5 Å². The van der Waals surface area contributed by atoms with Gasteiger partial charge in [-0.15, -0.1) is 0 Å². The van der Waals surface area contributed by atoms with Gasteiger partial charge in [0.1, 0.15) is 11.4 Å². The predicted octanol–water partition coefficient (Wildman–Crippen LogP) is 2.87. The molecule has 0 bridgehead atoms. The highest BCUT2D eigenvalue weighted by Crippen LogP contribution is 2.27. The van der Waals surface area contributed by atoms with Crippen LogP contribution in [0.15, 0.2) is 40.2 Å². The van der Waals surface area contributed by atoms with Crippen LogP contribution in [0.5, 0.6) is 0 Å². The number of sulfonamides is 1. The van der Waals surface area contributed by atoms with Crippen LogP contribution in [-0.4, -0.2) is 42.3 Å². The molecule has 0 unspecified atom stereocenters. The number of hydrogen-bond acceptors (Lipinski definition) is 4. The molecule has 1 N–H and O–H groups in total. The number of fused-ring (bicyclic) bond motifs is 1. The number of benzene rings is 1. The standard InChI is InChI=1S/C23H31N3O4S/c1-17-11-13-26(14-12-17)31(29,30)21-15-25(23(28)20-10-6-5-9-19(20)21)16-22(27)24-18-7-3-2-4-8-18/h5-6,9-10,15,17-18H,2-4,7-8,11-14,16H2,1H3,(H,24,27). The van der Waals surface area contributed by atoms with Gasteiger partial charge in [0.05, 0.1) is 0 Å². The molecule has 2 aliphatic rings. The van der Waals surface area contributed by atoms with Crippen molar-refractivity contribution in [1.29, 1.82) is 0 Å². The lowest BCUT2D eigenvalue weighted by atomic mass is 9.95. The zero-order valence-electron chi connectivity index (χ0n) is 18.0. The number of carbonyl (C=O) groups is 1. The molecule has 2 heterocycles. The molecule has 1 saturated heterocycles. The zero-order valence-corrected chi connectivity index (χ0v) is 18.9. The molecule has 1 amide bonds. The summed E-state index contributed by atoms with van der Waals surface area (Å²) < 4.78 is 29.7. The van der Waals surface area contributed by atoms with Crippen molar-refractivity contribution >= 4 is 26.7 Å². The summed E-state index contributed by atoms with van der Waals surface area (Å²) in [7, 11) is -3.77. The number of carbonyl (C=O) groups excluding carboxylic acids is 1. The van der Waals surface area contributed by atoms with Crippen LogP contribution in [0.3, 0.4) is 0 Å². The Hall–Kier alpha value is -2.19. The quantitative estimate of drug-likeness (QED) is 0.767. The van der Waals surface area contributed by atoms with Crippen molar-refractivity contribution in [1.82, 2.24) is 14.2 Å². The first-order valence-electron chi connectivity index (χ1n) is 11.3. The highest BCUT2D eigenvalue weighted by Gasteiger charge is 2.30. The van der Waals surface area contributed by atoms with Gasteiger partial charge in [-0.25, -0.2) is 8.42 Å². The monoisotopic (exact) mass is 445 g/mol. The molecule has 0 atom stereocenters. The molecule has 8 heteroatoms. The summed E-state index contributed by atoms with van der Waals surface area (Å²) in [6.07, 6.45) is 8.28. The summed E-state index contributed by atoms with van der Waals surface area (Å²) >= 11 is 0. The second kappa shape index (κ2) is 9.12. The normalized spacial score (nSPS) is 19.5. The average molecular weight is 446 g/mol. The number of piperidine rings is 1. The minimum absolute atomic E-state index is 0.0997. The van der Waals surface area contributed by atoms with E-state index in [0.717, 1.165) is 38.5 Å². The Morgan fingerprint density at radius 2 is 1.68 bits per heavy atom. The van der Waals surface area contributed by atoms with Gasteiger partial charge in [-0.05, 0) is 37.7 Å². The van der Waals surface area contributed by atoms with Crippen molar-refractivity contribution < 1.29 is 13.2 Å². The zero-order chi connectivity index (χ0) is 22.0. The Morgan fingerprint density at radius 1 is 1.03 bits per heavy atom. The number of aromatic nitrogens is 1. The SMILES string of the molecule is CC1CCN(S(=O)(=O)c2cn(CC(=O)NC3CCCCC3)c(=O)c3ccccc23)CC1. The number of amides is 1. The third kappa shape index (κ3) is 4.70. The first-order valence-corrected chi connectivity index (χ1v) is 12.7. The first-order chi connectivity index (χ1) is 14.9. The molecular formula is C23H31N3O4S. The summed E-state index contributed by atoms with van der Waals surface area (Å²) in [5.74, 6) is 0.250. The van der Waals surface area contributed by atoms with Crippen molar-refractivity contribution in [3.05, 3.63) is 40.8 Å². The van der Waals surface area contributed by atoms with Gasteiger partial charge in [0.25, 0.3) is 5.56 Å². The van der Waals surface area contributed by atoms with E-state index in [1.165, 1.54) is 21.5 Å². The minimum Gasteiger partial charge on any atom is -0.352 e. The Labute approximate surface area is 183 Å². The largest absolute Gasteiger partial charge is 0.352 e. The van der Waals surface area contributed by atoms with Gasteiger partial charge in [0, 0.05) is 36.1 Å². The smallest absolute Gasteiger partial charge is 0.258 e. The van der Waals surface area contributed by atoms with Crippen LogP contribution < -0.4 is 10.9 Å². The summed E-state index contributed by atoms with van der Waals surface area (Å²) in [4.78, 5) is 25.8. The Balaban J connectivity index is 1.68. The van der Waals surface area contributed by atoms with Gasteiger partial charge < -0.3 is 9.88 Å². The van der Waals surface area contributed by atoms with Crippen LogP contribution >= 0.6 is 0 Å². The molecule has 4 rings (SSSR count). The van der Waals surface area contributed by atoms with Crippen LogP contribution in [0.4, 0.5) is 0 Å². The molecule has 7 nitrogen and oxygen atoms in total. The van der Waals surface area contributed by atoms with Crippen LogP contribution in [0.2, 0.25) is 0 Å². The maximum absolute atomic E-state index is 13.5. The van der Waals surface area contributed by atoms with E-state index in [4.69, 9.17) is 0 Å². The van der Waals surface area contributed by atoms with E-state index in [9.17, 15) is 18.0 Å². The number of hydrogen-bond donors (Lipinski definition) is 1. The molecule has 1 aromatic carbocycles. The van der Waals surface area contributed by atoms with E-state index in [-0.39, 0.29) is 28.9 Å². The van der Waals surface area contributed by atoms with Gasteiger partial charge in [-0.1, -0.05) is 44.4 Å². The van der Waals surface area contributed by atoms with Gasteiger partial charge >= 0.3 is 0 Å². The average Bonchev–Trinajstić information content (AvgIpc) is 2.76. The number of pyridine rings is 1. The fraction of sp³-hybridized carbons (Fsp3) is 0.565. The number of nitrogens with one attached hydrogen (secondary N) is 1.